The third kappa shape index (κ3) is 4.25. The first-order valence-corrected chi connectivity index (χ1v) is 12.0. The molecule has 3 nitrogen and oxygen atoms in total. The van der Waals surface area contributed by atoms with Crippen molar-refractivity contribution in [3.8, 4) is 0 Å². The Balaban J connectivity index is 2.57. The first kappa shape index (κ1) is 36.8. The molecule has 3 aromatic rings. The summed E-state index contributed by atoms with van der Waals surface area (Å²) in [5.74, 6) is -64.9. The van der Waals surface area contributed by atoms with Crippen molar-refractivity contribution < 1.29 is 98.1 Å². The van der Waals surface area contributed by atoms with Crippen LogP contribution in [0, 0.1) is 93.2 Å². The van der Waals surface area contributed by atoms with E-state index in [1.54, 1.807) is 0 Å². The van der Waals surface area contributed by atoms with Crippen molar-refractivity contribution in [1.82, 2.24) is 0 Å². The minimum absolute atomic E-state index is 0.412. The van der Waals surface area contributed by atoms with Crippen molar-refractivity contribution in [2.45, 2.75) is 23.9 Å². The van der Waals surface area contributed by atoms with Crippen molar-refractivity contribution in [1.29, 1.82) is 0 Å². The Hall–Kier alpha value is -3.99. The summed E-state index contributed by atoms with van der Waals surface area (Å²) in [7, 11) is -4.39. The topological polar surface area (TPSA) is 49.7 Å². The van der Waals surface area contributed by atoms with E-state index in [0.29, 0.717) is 0 Å². The van der Waals surface area contributed by atoms with Gasteiger partial charge in [-0.15, -0.1) is 0 Å². The lowest BCUT2D eigenvalue weighted by atomic mass is 9.55. The lowest BCUT2D eigenvalue weighted by Gasteiger charge is -2.55. The number of benzene rings is 3. The maximum absolute atomic E-state index is 18.1. The molecule has 1 aliphatic rings. The fraction of sp³-hybridized carbons (Fsp3) is 0.200. The standard InChI is InChI=1S/C25H6BF19O3/c1-2-6(27)22(43)24(48-26(46)47,4-9(30)15(36)20(41)16(37)10(4)31)25(45,5-11(32)17(38)21(42)18(39)12(5)33)23(2,44)3-7(28)13(34)19(40)14(35)8(3)29/h2,46-47H,1H3. The largest absolute Gasteiger partial charge is 0.635 e. The van der Waals surface area contributed by atoms with Crippen molar-refractivity contribution in [2.24, 2.45) is 5.92 Å². The quantitative estimate of drug-likeness (QED) is 0.124. The molecule has 0 aliphatic heterocycles. The van der Waals surface area contributed by atoms with E-state index in [2.05, 4.69) is 4.65 Å². The Kier molecular flexibility index (Phi) is 8.88. The van der Waals surface area contributed by atoms with E-state index in [0.717, 1.165) is 0 Å². The summed E-state index contributed by atoms with van der Waals surface area (Å²) in [4.78, 5) is 0. The van der Waals surface area contributed by atoms with Gasteiger partial charge >= 0.3 is 7.32 Å². The Morgan fingerprint density at radius 3 is 1.04 bits per heavy atom. The van der Waals surface area contributed by atoms with Gasteiger partial charge in [0.25, 0.3) is 0 Å². The monoisotopic (exact) mass is 726 g/mol. The van der Waals surface area contributed by atoms with Gasteiger partial charge in [0, 0.05) is 0 Å². The predicted molar refractivity (Wildman–Crippen MR) is 116 cm³/mol. The van der Waals surface area contributed by atoms with Crippen LogP contribution in [0.15, 0.2) is 11.7 Å². The van der Waals surface area contributed by atoms with Gasteiger partial charge in [0.15, 0.2) is 86.9 Å². The number of halogens is 19. The first-order valence-electron chi connectivity index (χ1n) is 12.0. The van der Waals surface area contributed by atoms with E-state index in [4.69, 9.17) is 0 Å². The third-order valence-electron chi connectivity index (χ3n) is 7.45. The molecule has 0 heterocycles. The summed E-state index contributed by atoms with van der Waals surface area (Å²) in [6.45, 7) is -0.412. The SMILES string of the molecule is CC1C(F)=C(F)C(OB(O)O)(c2c(F)c(F)c(F)c(F)c2F)C(F)(c2c(F)c(F)c(F)c(F)c2F)C1(F)c1c(F)c(F)c(F)c(F)c1F. The summed E-state index contributed by atoms with van der Waals surface area (Å²) in [5.41, 5.74) is -30.7. The van der Waals surface area contributed by atoms with Crippen molar-refractivity contribution in [3.05, 3.63) is 116 Å². The molecular weight excluding hydrogens is 720 g/mol. The molecule has 0 aromatic heterocycles. The maximum atomic E-state index is 18.1. The molecule has 0 bridgehead atoms. The van der Waals surface area contributed by atoms with Crippen LogP contribution in [0.2, 0.25) is 0 Å². The average molecular weight is 726 g/mol. The van der Waals surface area contributed by atoms with Crippen molar-refractivity contribution >= 4 is 7.32 Å². The molecule has 4 rings (SSSR count). The minimum Gasteiger partial charge on any atom is -0.402 e. The van der Waals surface area contributed by atoms with E-state index in [-0.39, 0.29) is 0 Å². The lowest BCUT2D eigenvalue weighted by molar-refractivity contribution is -0.221. The molecule has 48 heavy (non-hydrogen) atoms. The minimum atomic E-state index is -6.87. The number of rotatable bonds is 5. The fourth-order valence-corrected chi connectivity index (χ4v) is 5.36. The van der Waals surface area contributed by atoms with E-state index in [1.807, 2.05) is 0 Å². The molecule has 0 saturated carbocycles. The van der Waals surface area contributed by atoms with Crippen LogP contribution >= 0.6 is 0 Å². The van der Waals surface area contributed by atoms with Crippen LogP contribution < -0.4 is 0 Å². The number of hydrogen-bond donors (Lipinski definition) is 2. The highest BCUT2D eigenvalue weighted by Gasteiger charge is 2.81. The van der Waals surface area contributed by atoms with Gasteiger partial charge in [-0.1, -0.05) is 6.92 Å². The Bertz CT molecular complexity index is 1850. The Morgan fingerprint density at radius 2 is 0.729 bits per heavy atom. The molecular formula is C25H6BF19O3. The smallest absolute Gasteiger partial charge is 0.402 e. The van der Waals surface area contributed by atoms with Gasteiger partial charge in [0.1, 0.15) is 5.83 Å². The fourth-order valence-electron chi connectivity index (χ4n) is 5.36. The van der Waals surface area contributed by atoms with Crippen LogP contribution in [-0.4, -0.2) is 17.4 Å². The van der Waals surface area contributed by atoms with E-state index in [1.165, 1.54) is 0 Å². The first-order chi connectivity index (χ1) is 21.9. The van der Waals surface area contributed by atoms with Crippen LogP contribution in [0.1, 0.15) is 23.6 Å². The summed E-state index contributed by atoms with van der Waals surface area (Å²) in [5, 5.41) is 18.9. The molecule has 4 atom stereocenters. The van der Waals surface area contributed by atoms with E-state index < -0.39 is 153 Å². The molecule has 0 saturated heterocycles. The summed E-state index contributed by atoms with van der Waals surface area (Å²) in [6, 6.07) is 0. The normalized spacial score (nSPS) is 24.5. The average Bonchev–Trinajstić information content (AvgIpc) is 3.03. The number of alkyl halides is 2. The summed E-state index contributed by atoms with van der Waals surface area (Å²) < 4.78 is 291. The van der Waals surface area contributed by atoms with E-state index >= 15 is 43.9 Å². The molecule has 0 radical (unpaired) electrons. The number of allylic oxidation sites excluding steroid dienone is 1. The van der Waals surface area contributed by atoms with E-state index in [9.17, 15) is 49.6 Å². The van der Waals surface area contributed by atoms with Crippen molar-refractivity contribution in [3.63, 3.8) is 0 Å². The molecule has 4 unspecified atom stereocenters. The van der Waals surface area contributed by atoms with Gasteiger partial charge in [-0.3, -0.25) is 0 Å². The van der Waals surface area contributed by atoms with Crippen LogP contribution in [0.3, 0.4) is 0 Å². The van der Waals surface area contributed by atoms with Gasteiger partial charge in [-0.25, -0.2) is 83.4 Å². The molecule has 0 spiro atoms. The second kappa shape index (κ2) is 11.6. The van der Waals surface area contributed by atoms with Gasteiger partial charge in [0.05, 0.1) is 22.6 Å². The lowest BCUT2D eigenvalue weighted by Crippen LogP contribution is -2.67. The van der Waals surface area contributed by atoms with Gasteiger partial charge in [0.2, 0.25) is 23.1 Å². The zero-order valence-electron chi connectivity index (χ0n) is 22.1. The molecule has 1 aliphatic carbocycles. The molecule has 23 heteroatoms. The maximum Gasteiger partial charge on any atom is 0.635 e. The number of hydrogen-bond acceptors (Lipinski definition) is 3. The van der Waals surface area contributed by atoms with Gasteiger partial charge in [-0.2, -0.15) is 0 Å². The van der Waals surface area contributed by atoms with Crippen LogP contribution in [0.5, 0.6) is 0 Å². The highest BCUT2D eigenvalue weighted by Crippen LogP contribution is 2.70. The van der Waals surface area contributed by atoms with Crippen LogP contribution in [0.4, 0.5) is 83.4 Å². The van der Waals surface area contributed by atoms with Crippen LogP contribution in [-0.2, 0) is 21.6 Å². The molecule has 0 fully saturated rings. The second-order valence-electron chi connectivity index (χ2n) is 9.71. The summed E-state index contributed by atoms with van der Waals surface area (Å²) in [6.07, 6.45) is 0. The molecule has 3 aromatic carbocycles. The van der Waals surface area contributed by atoms with Gasteiger partial charge in [-0.05, 0) is 0 Å². The molecule has 2 N–H and O–H groups in total. The van der Waals surface area contributed by atoms with Gasteiger partial charge < -0.3 is 14.7 Å². The third-order valence-corrected chi connectivity index (χ3v) is 7.45. The highest BCUT2D eigenvalue weighted by atomic mass is 19.2. The molecule has 260 valence electrons. The zero-order valence-corrected chi connectivity index (χ0v) is 22.1. The van der Waals surface area contributed by atoms with Crippen LogP contribution in [0.25, 0.3) is 0 Å². The summed E-state index contributed by atoms with van der Waals surface area (Å²) >= 11 is 0. The Morgan fingerprint density at radius 1 is 0.458 bits per heavy atom. The zero-order chi connectivity index (χ0) is 36.9. The molecule has 0 amide bonds. The predicted octanol–water partition coefficient (Wildman–Crippen LogP) is 7.48. The second-order valence-corrected chi connectivity index (χ2v) is 9.71. The van der Waals surface area contributed by atoms with Crippen molar-refractivity contribution in [2.75, 3.05) is 0 Å². The Labute approximate surface area is 251 Å². The highest BCUT2D eigenvalue weighted by molar-refractivity contribution is 6.33.